The molecule has 1 aromatic carbocycles. The zero-order valence-corrected chi connectivity index (χ0v) is 11.2. The predicted octanol–water partition coefficient (Wildman–Crippen LogP) is 1.10. The Kier molecular flexibility index (Phi) is 4.42. The first-order chi connectivity index (χ1) is 9.08. The van der Waals surface area contributed by atoms with E-state index in [2.05, 4.69) is 11.5 Å². The highest BCUT2D eigenvalue weighted by atomic mass is 16.5. The van der Waals surface area contributed by atoms with Crippen molar-refractivity contribution in [2.75, 3.05) is 36.2 Å². The molecule has 0 spiro atoms. The van der Waals surface area contributed by atoms with E-state index in [9.17, 15) is 5.11 Å². The highest BCUT2D eigenvalue weighted by Gasteiger charge is 2.15. The van der Waals surface area contributed by atoms with Gasteiger partial charge in [0.1, 0.15) is 0 Å². The largest absolute Gasteiger partial charge is 0.392 e. The maximum Gasteiger partial charge on any atom is 0.0862 e. The third-order valence-electron chi connectivity index (χ3n) is 3.06. The SMILES string of the molecule is C=C1COCCN1c1ccc(N(N)CC(C)O)cc1. The number of benzene rings is 1. The Morgan fingerprint density at radius 1 is 1.47 bits per heavy atom. The number of nitrogens with two attached hydrogens (primary N) is 1. The van der Waals surface area contributed by atoms with Gasteiger partial charge in [-0.1, -0.05) is 6.58 Å². The number of rotatable bonds is 4. The Hall–Kier alpha value is -1.56. The normalized spacial score (nSPS) is 17.4. The molecule has 1 heterocycles. The number of aliphatic hydroxyl groups excluding tert-OH is 1. The second-order valence-corrected chi connectivity index (χ2v) is 4.79. The molecule has 2 rings (SSSR count). The maximum absolute atomic E-state index is 9.32. The minimum absolute atomic E-state index is 0.406. The minimum Gasteiger partial charge on any atom is -0.392 e. The number of morpholine rings is 1. The molecule has 5 nitrogen and oxygen atoms in total. The van der Waals surface area contributed by atoms with Crippen LogP contribution in [0.5, 0.6) is 0 Å². The van der Waals surface area contributed by atoms with E-state index < -0.39 is 6.10 Å². The summed E-state index contributed by atoms with van der Waals surface area (Å²) >= 11 is 0. The molecule has 3 N–H and O–H groups in total. The van der Waals surface area contributed by atoms with Gasteiger partial charge in [0.15, 0.2) is 0 Å². The lowest BCUT2D eigenvalue weighted by Crippen LogP contribution is -2.37. The standard InChI is InChI=1S/C14H21N3O2/c1-11-10-19-8-7-16(11)13-3-5-14(6-4-13)17(15)9-12(2)18/h3-6,12,18H,1,7-10,15H2,2H3. The Labute approximate surface area is 113 Å². The van der Waals surface area contributed by atoms with Crippen LogP contribution in [0.4, 0.5) is 11.4 Å². The molecular weight excluding hydrogens is 242 g/mol. The molecule has 0 amide bonds. The summed E-state index contributed by atoms with van der Waals surface area (Å²) in [6.07, 6.45) is -0.455. The van der Waals surface area contributed by atoms with Crippen LogP contribution in [0.1, 0.15) is 6.92 Å². The van der Waals surface area contributed by atoms with Gasteiger partial charge in [-0.15, -0.1) is 0 Å². The Balaban J connectivity index is 2.07. The molecule has 0 saturated carbocycles. The summed E-state index contributed by atoms with van der Waals surface area (Å²) in [7, 11) is 0. The molecule has 1 aliphatic heterocycles. The van der Waals surface area contributed by atoms with E-state index in [1.54, 1.807) is 11.9 Å². The first-order valence-electron chi connectivity index (χ1n) is 6.41. The molecule has 1 unspecified atom stereocenters. The van der Waals surface area contributed by atoms with Crippen molar-refractivity contribution in [1.82, 2.24) is 0 Å². The maximum atomic E-state index is 9.32. The average molecular weight is 263 g/mol. The highest BCUT2D eigenvalue weighted by Crippen LogP contribution is 2.23. The number of hydrogen-bond donors (Lipinski definition) is 2. The van der Waals surface area contributed by atoms with Crippen LogP contribution in [0.15, 0.2) is 36.5 Å². The Bertz CT molecular complexity index is 431. The van der Waals surface area contributed by atoms with E-state index in [0.29, 0.717) is 19.8 Å². The van der Waals surface area contributed by atoms with E-state index in [0.717, 1.165) is 23.6 Å². The van der Waals surface area contributed by atoms with Crippen molar-refractivity contribution in [1.29, 1.82) is 0 Å². The minimum atomic E-state index is -0.455. The lowest BCUT2D eigenvalue weighted by molar-refractivity contribution is 0.143. The van der Waals surface area contributed by atoms with Crippen molar-refractivity contribution in [3.63, 3.8) is 0 Å². The van der Waals surface area contributed by atoms with Gasteiger partial charge >= 0.3 is 0 Å². The molecule has 1 aromatic rings. The van der Waals surface area contributed by atoms with Crippen molar-refractivity contribution < 1.29 is 9.84 Å². The van der Waals surface area contributed by atoms with Crippen molar-refractivity contribution in [2.45, 2.75) is 13.0 Å². The van der Waals surface area contributed by atoms with Crippen LogP contribution in [0.25, 0.3) is 0 Å². The summed E-state index contributed by atoms with van der Waals surface area (Å²) in [4.78, 5) is 2.14. The van der Waals surface area contributed by atoms with Gasteiger partial charge in [0.05, 0.1) is 31.5 Å². The number of aliphatic hydroxyl groups is 1. The molecule has 0 aromatic heterocycles. The number of anilines is 2. The van der Waals surface area contributed by atoms with Crippen LogP contribution >= 0.6 is 0 Å². The third kappa shape index (κ3) is 3.47. The van der Waals surface area contributed by atoms with Gasteiger partial charge < -0.3 is 19.8 Å². The summed E-state index contributed by atoms with van der Waals surface area (Å²) in [5, 5.41) is 10.9. The van der Waals surface area contributed by atoms with E-state index in [1.165, 1.54) is 0 Å². The van der Waals surface area contributed by atoms with Gasteiger partial charge in [0.25, 0.3) is 0 Å². The molecule has 19 heavy (non-hydrogen) atoms. The quantitative estimate of drug-likeness (QED) is 0.629. The first-order valence-corrected chi connectivity index (χ1v) is 6.41. The third-order valence-corrected chi connectivity index (χ3v) is 3.06. The Morgan fingerprint density at radius 3 is 2.74 bits per heavy atom. The summed E-state index contributed by atoms with van der Waals surface area (Å²) in [5.41, 5.74) is 2.93. The summed E-state index contributed by atoms with van der Waals surface area (Å²) in [6, 6.07) is 7.91. The smallest absolute Gasteiger partial charge is 0.0862 e. The van der Waals surface area contributed by atoms with Crippen LogP contribution in [0, 0.1) is 0 Å². The fourth-order valence-electron chi connectivity index (χ4n) is 2.11. The van der Waals surface area contributed by atoms with E-state index in [-0.39, 0.29) is 0 Å². The second-order valence-electron chi connectivity index (χ2n) is 4.79. The summed E-state index contributed by atoms with van der Waals surface area (Å²) in [5.74, 6) is 5.87. The lowest BCUT2D eigenvalue weighted by Gasteiger charge is -2.31. The average Bonchev–Trinajstić information content (AvgIpc) is 2.39. The zero-order chi connectivity index (χ0) is 13.8. The molecule has 5 heteroatoms. The lowest BCUT2D eigenvalue weighted by atomic mass is 10.2. The van der Waals surface area contributed by atoms with Crippen LogP contribution < -0.4 is 15.8 Å². The number of hydrogen-bond acceptors (Lipinski definition) is 5. The van der Waals surface area contributed by atoms with Crippen molar-refractivity contribution in [3.05, 3.63) is 36.5 Å². The van der Waals surface area contributed by atoms with Crippen molar-refractivity contribution in [3.8, 4) is 0 Å². The number of nitrogens with zero attached hydrogens (tertiary/aromatic N) is 2. The molecule has 1 saturated heterocycles. The number of hydrazine groups is 1. The van der Waals surface area contributed by atoms with Gasteiger partial charge in [-0.2, -0.15) is 0 Å². The van der Waals surface area contributed by atoms with E-state index in [4.69, 9.17) is 10.6 Å². The highest BCUT2D eigenvalue weighted by molar-refractivity contribution is 5.58. The fourth-order valence-corrected chi connectivity index (χ4v) is 2.11. The molecular formula is C14H21N3O2. The monoisotopic (exact) mass is 263 g/mol. The Morgan fingerprint density at radius 2 is 2.16 bits per heavy atom. The second kappa shape index (κ2) is 6.06. The van der Waals surface area contributed by atoms with Crippen molar-refractivity contribution in [2.24, 2.45) is 5.84 Å². The van der Waals surface area contributed by atoms with Gasteiger partial charge in [0.2, 0.25) is 0 Å². The van der Waals surface area contributed by atoms with E-state index >= 15 is 0 Å². The molecule has 104 valence electrons. The first kappa shape index (κ1) is 13.9. The van der Waals surface area contributed by atoms with Gasteiger partial charge in [-0.05, 0) is 31.2 Å². The van der Waals surface area contributed by atoms with Crippen LogP contribution in [0.2, 0.25) is 0 Å². The van der Waals surface area contributed by atoms with Gasteiger partial charge in [0, 0.05) is 17.9 Å². The molecule has 1 fully saturated rings. The molecule has 1 aliphatic rings. The van der Waals surface area contributed by atoms with Gasteiger partial charge in [-0.3, -0.25) is 0 Å². The zero-order valence-electron chi connectivity index (χ0n) is 11.2. The van der Waals surface area contributed by atoms with Crippen LogP contribution in [0.3, 0.4) is 0 Å². The fraction of sp³-hybridized carbons (Fsp3) is 0.429. The predicted molar refractivity (Wildman–Crippen MR) is 77.0 cm³/mol. The molecule has 0 aliphatic carbocycles. The van der Waals surface area contributed by atoms with Crippen LogP contribution in [-0.4, -0.2) is 37.5 Å². The van der Waals surface area contributed by atoms with Crippen LogP contribution in [-0.2, 0) is 4.74 Å². The summed E-state index contributed by atoms with van der Waals surface area (Å²) in [6.45, 7) is 8.23. The summed E-state index contributed by atoms with van der Waals surface area (Å²) < 4.78 is 5.34. The number of ether oxygens (including phenoxy) is 1. The van der Waals surface area contributed by atoms with Crippen molar-refractivity contribution >= 4 is 11.4 Å². The molecule has 0 radical (unpaired) electrons. The van der Waals surface area contributed by atoms with E-state index in [1.807, 2.05) is 24.3 Å². The topological polar surface area (TPSA) is 62.0 Å². The van der Waals surface area contributed by atoms with Gasteiger partial charge in [-0.25, -0.2) is 5.84 Å². The molecule has 0 bridgehead atoms. The molecule has 1 atom stereocenters.